The van der Waals surface area contributed by atoms with E-state index in [1.54, 1.807) is 0 Å². The van der Waals surface area contributed by atoms with Crippen molar-refractivity contribution in [3.05, 3.63) is 29.3 Å². The molecule has 0 bridgehead atoms. The highest BCUT2D eigenvalue weighted by molar-refractivity contribution is 5.42. The van der Waals surface area contributed by atoms with Gasteiger partial charge >= 0.3 is 0 Å². The molecule has 1 aliphatic rings. The van der Waals surface area contributed by atoms with E-state index in [0.29, 0.717) is 0 Å². The van der Waals surface area contributed by atoms with Crippen molar-refractivity contribution in [3.8, 4) is 0 Å². The maximum atomic E-state index is 13.2. The van der Waals surface area contributed by atoms with E-state index < -0.39 is 11.6 Å². The molecule has 0 amide bonds. The number of hydrogen-bond acceptors (Lipinski definition) is 2. The summed E-state index contributed by atoms with van der Waals surface area (Å²) in [7, 11) is 0. The van der Waals surface area contributed by atoms with Gasteiger partial charge in [0.2, 0.25) is 0 Å². The Hall–Kier alpha value is -1.16. The van der Waals surface area contributed by atoms with Crippen LogP contribution in [0, 0.1) is 11.6 Å². The van der Waals surface area contributed by atoms with Gasteiger partial charge in [-0.3, -0.25) is 0 Å². The maximum absolute atomic E-state index is 13.2. The summed E-state index contributed by atoms with van der Waals surface area (Å²) < 4.78 is 26.4. The summed E-state index contributed by atoms with van der Waals surface area (Å²) in [6.45, 7) is 0.813. The molecule has 1 aromatic rings. The molecule has 0 spiro atoms. The molecule has 70 valence electrons. The zero-order chi connectivity index (χ0) is 9.42. The first kappa shape index (κ1) is 8.44. The molecular formula is C9H10F2N2. The number of anilines is 1. The second kappa shape index (κ2) is 2.96. The largest absolute Gasteiger partial charge is 0.399 e. The fourth-order valence-corrected chi connectivity index (χ4v) is 1.47. The number of nitrogens with two attached hydrogens (primary N) is 1. The number of halogens is 2. The standard InChI is InChI=1S/C9H10F2N2/c10-6-3-5(12)4-7(11)9(6)8-1-2-13-8/h3-4,8,13H,1-2,12H2/t8-/m1/s1. The third kappa shape index (κ3) is 1.37. The lowest BCUT2D eigenvalue weighted by atomic mass is 9.96. The van der Waals surface area contributed by atoms with Gasteiger partial charge in [-0.05, 0) is 25.1 Å². The van der Waals surface area contributed by atoms with Gasteiger partial charge in [0.05, 0.1) is 0 Å². The number of benzene rings is 1. The molecule has 4 heteroatoms. The van der Waals surface area contributed by atoms with Gasteiger partial charge in [-0.15, -0.1) is 0 Å². The molecule has 0 aromatic heterocycles. The van der Waals surface area contributed by atoms with Gasteiger partial charge in [0, 0.05) is 17.3 Å². The number of nitrogens with one attached hydrogen (secondary N) is 1. The van der Waals surface area contributed by atoms with Crippen molar-refractivity contribution in [1.82, 2.24) is 5.32 Å². The van der Waals surface area contributed by atoms with Crippen LogP contribution in [-0.2, 0) is 0 Å². The second-order valence-electron chi connectivity index (χ2n) is 3.19. The monoisotopic (exact) mass is 184 g/mol. The van der Waals surface area contributed by atoms with Crippen molar-refractivity contribution in [2.24, 2.45) is 0 Å². The van der Waals surface area contributed by atoms with E-state index >= 15 is 0 Å². The van der Waals surface area contributed by atoms with Crippen molar-refractivity contribution < 1.29 is 8.78 Å². The molecule has 3 N–H and O–H groups in total. The lowest BCUT2D eigenvalue weighted by molar-refractivity contribution is 0.356. The zero-order valence-electron chi connectivity index (χ0n) is 6.98. The molecule has 1 fully saturated rings. The van der Waals surface area contributed by atoms with Crippen molar-refractivity contribution in [2.45, 2.75) is 12.5 Å². The van der Waals surface area contributed by atoms with Gasteiger partial charge in [-0.1, -0.05) is 0 Å². The first-order valence-electron chi connectivity index (χ1n) is 4.16. The molecule has 1 saturated heterocycles. The van der Waals surface area contributed by atoms with Crippen LogP contribution in [0.1, 0.15) is 18.0 Å². The Kier molecular flexibility index (Phi) is 1.92. The van der Waals surface area contributed by atoms with Crippen LogP contribution < -0.4 is 11.1 Å². The van der Waals surface area contributed by atoms with Gasteiger partial charge in [-0.2, -0.15) is 0 Å². The van der Waals surface area contributed by atoms with Gasteiger partial charge in [0.25, 0.3) is 0 Å². The molecular weight excluding hydrogens is 174 g/mol. The fourth-order valence-electron chi connectivity index (χ4n) is 1.47. The predicted molar refractivity (Wildman–Crippen MR) is 46.1 cm³/mol. The SMILES string of the molecule is Nc1cc(F)c([C@H]2CCN2)c(F)c1. The van der Waals surface area contributed by atoms with E-state index in [4.69, 9.17) is 5.73 Å². The van der Waals surface area contributed by atoms with Crippen LogP contribution >= 0.6 is 0 Å². The molecule has 1 aromatic carbocycles. The molecule has 1 heterocycles. The Bertz CT molecular complexity index is 311. The average Bonchev–Trinajstić information content (AvgIpc) is 1.92. The highest BCUT2D eigenvalue weighted by atomic mass is 19.1. The lowest BCUT2D eigenvalue weighted by Gasteiger charge is -2.28. The van der Waals surface area contributed by atoms with Crippen LogP contribution in [-0.4, -0.2) is 6.54 Å². The van der Waals surface area contributed by atoms with Crippen LogP contribution in [0.25, 0.3) is 0 Å². The number of hydrogen-bond donors (Lipinski definition) is 2. The second-order valence-corrected chi connectivity index (χ2v) is 3.19. The minimum atomic E-state index is -0.560. The van der Waals surface area contributed by atoms with Crippen LogP contribution in [0.5, 0.6) is 0 Å². The van der Waals surface area contributed by atoms with Crippen LogP contribution in [0.3, 0.4) is 0 Å². The molecule has 2 nitrogen and oxygen atoms in total. The highest BCUT2D eigenvalue weighted by Crippen LogP contribution is 2.29. The summed E-state index contributed by atoms with van der Waals surface area (Å²) >= 11 is 0. The van der Waals surface area contributed by atoms with Crippen LogP contribution in [0.15, 0.2) is 12.1 Å². The summed E-state index contributed by atoms with van der Waals surface area (Å²) in [5, 5.41) is 2.94. The third-order valence-electron chi connectivity index (χ3n) is 2.27. The Labute approximate surface area is 74.7 Å². The average molecular weight is 184 g/mol. The van der Waals surface area contributed by atoms with Crippen LogP contribution in [0.2, 0.25) is 0 Å². The number of rotatable bonds is 1. The molecule has 2 rings (SSSR count). The normalized spacial score (nSPS) is 21.2. The van der Waals surface area contributed by atoms with E-state index in [-0.39, 0.29) is 17.3 Å². The Balaban J connectivity index is 2.43. The van der Waals surface area contributed by atoms with Crippen molar-refractivity contribution in [1.29, 1.82) is 0 Å². The van der Waals surface area contributed by atoms with E-state index in [1.165, 1.54) is 0 Å². The molecule has 1 aliphatic heterocycles. The zero-order valence-corrected chi connectivity index (χ0v) is 6.98. The fraction of sp³-hybridized carbons (Fsp3) is 0.333. The van der Waals surface area contributed by atoms with Crippen molar-refractivity contribution in [2.75, 3.05) is 12.3 Å². The molecule has 0 radical (unpaired) electrons. The molecule has 0 unspecified atom stereocenters. The number of nitrogen functional groups attached to an aromatic ring is 1. The summed E-state index contributed by atoms with van der Waals surface area (Å²) in [5.41, 5.74) is 5.52. The third-order valence-corrected chi connectivity index (χ3v) is 2.27. The molecule has 13 heavy (non-hydrogen) atoms. The quantitative estimate of drug-likeness (QED) is 0.650. The topological polar surface area (TPSA) is 38.0 Å². The maximum Gasteiger partial charge on any atom is 0.132 e. The van der Waals surface area contributed by atoms with Gasteiger partial charge in [0.1, 0.15) is 11.6 Å². The summed E-state index contributed by atoms with van der Waals surface area (Å²) in [6, 6.07) is 2.12. The van der Waals surface area contributed by atoms with Gasteiger partial charge in [-0.25, -0.2) is 8.78 Å². The summed E-state index contributed by atoms with van der Waals surface area (Å²) in [5.74, 6) is -1.12. The Morgan fingerprint density at radius 1 is 1.31 bits per heavy atom. The minimum absolute atomic E-state index is 0.112. The molecule has 0 aliphatic carbocycles. The smallest absolute Gasteiger partial charge is 0.132 e. The summed E-state index contributed by atoms with van der Waals surface area (Å²) in [4.78, 5) is 0. The predicted octanol–water partition coefficient (Wildman–Crippen LogP) is 1.58. The van der Waals surface area contributed by atoms with E-state index in [0.717, 1.165) is 25.1 Å². The van der Waals surface area contributed by atoms with Crippen molar-refractivity contribution in [3.63, 3.8) is 0 Å². The van der Waals surface area contributed by atoms with E-state index in [1.807, 2.05) is 0 Å². The van der Waals surface area contributed by atoms with Gasteiger partial charge < -0.3 is 11.1 Å². The van der Waals surface area contributed by atoms with E-state index in [9.17, 15) is 8.78 Å². The Morgan fingerprint density at radius 3 is 2.23 bits per heavy atom. The van der Waals surface area contributed by atoms with E-state index in [2.05, 4.69) is 5.32 Å². The van der Waals surface area contributed by atoms with Crippen molar-refractivity contribution >= 4 is 5.69 Å². The molecule has 0 saturated carbocycles. The highest BCUT2D eigenvalue weighted by Gasteiger charge is 2.25. The Morgan fingerprint density at radius 2 is 1.85 bits per heavy atom. The molecule has 1 atom stereocenters. The lowest BCUT2D eigenvalue weighted by Crippen LogP contribution is -2.36. The minimum Gasteiger partial charge on any atom is -0.399 e. The van der Waals surface area contributed by atoms with Crippen LogP contribution in [0.4, 0.5) is 14.5 Å². The first-order valence-corrected chi connectivity index (χ1v) is 4.16. The van der Waals surface area contributed by atoms with Gasteiger partial charge in [0.15, 0.2) is 0 Å². The summed E-state index contributed by atoms with van der Waals surface area (Å²) in [6.07, 6.45) is 0.776. The first-order chi connectivity index (χ1) is 6.18.